The van der Waals surface area contributed by atoms with E-state index in [9.17, 15) is 0 Å². The summed E-state index contributed by atoms with van der Waals surface area (Å²) in [5, 5.41) is 4.56. The van der Waals surface area contributed by atoms with Crippen molar-refractivity contribution in [3.8, 4) is 0 Å². The van der Waals surface area contributed by atoms with E-state index in [-0.39, 0.29) is 6.04 Å². The molecule has 0 saturated carbocycles. The van der Waals surface area contributed by atoms with Gasteiger partial charge >= 0.3 is 0 Å². The maximum atomic E-state index is 6.03. The molecule has 1 unspecified atom stereocenters. The molecular weight excluding hydrogens is 226 g/mol. The monoisotopic (exact) mass is 237 g/mol. The smallest absolute Gasteiger partial charge is 0.138 e. The van der Waals surface area contributed by atoms with Gasteiger partial charge in [-0.2, -0.15) is 5.10 Å². The lowest BCUT2D eigenvalue weighted by molar-refractivity contribution is 0.619. The lowest BCUT2D eigenvalue weighted by Crippen LogP contribution is -2.17. The summed E-state index contributed by atoms with van der Waals surface area (Å²) in [7, 11) is 1.83. The van der Waals surface area contributed by atoms with Gasteiger partial charge < -0.3 is 5.73 Å². The highest BCUT2D eigenvalue weighted by molar-refractivity contribution is 6.31. The largest absolute Gasteiger partial charge is 0.322 e. The van der Waals surface area contributed by atoms with Crippen LogP contribution >= 0.6 is 11.6 Å². The molecule has 84 valence electrons. The van der Waals surface area contributed by atoms with Crippen LogP contribution in [0.15, 0.2) is 24.7 Å². The fourth-order valence-electron chi connectivity index (χ4n) is 1.47. The molecule has 0 aliphatic heterocycles. The average molecular weight is 238 g/mol. The number of rotatable bonds is 3. The van der Waals surface area contributed by atoms with Crippen LogP contribution in [0.2, 0.25) is 5.02 Å². The zero-order valence-electron chi connectivity index (χ0n) is 8.84. The summed E-state index contributed by atoms with van der Waals surface area (Å²) in [6.45, 7) is 0. The molecule has 0 aromatic carbocycles. The van der Waals surface area contributed by atoms with Crippen LogP contribution in [0.3, 0.4) is 0 Å². The molecule has 0 amide bonds. The Kier molecular flexibility index (Phi) is 3.17. The number of aromatic nitrogens is 4. The van der Waals surface area contributed by atoms with Crippen molar-refractivity contribution in [3.63, 3.8) is 0 Å². The summed E-state index contributed by atoms with van der Waals surface area (Å²) >= 11 is 6.01. The van der Waals surface area contributed by atoms with Crippen LogP contribution in [0.4, 0.5) is 0 Å². The third kappa shape index (κ3) is 2.20. The maximum Gasteiger partial charge on any atom is 0.138 e. The molecule has 2 aromatic heterocycles. The van der Waals surface area contributed by atoms with Gasteiger partial charge in [-0.05, 0) is 12.1 Å². The van der Waals surface area contributed by atoms with Crippen LogP contribution in [0, 0.1) is 0 Å². The van der Waals surface area contributed by atoms with Crippen molar-refractivity contribution in [3.05, 3.63) is 41.2 Å². The van der Waals surface area contributed by atoms with Crippen LogP contribution in [-0.2, 0) is 13.5 Å². The molecular formula is C10H12ClN5. The van der Waals surface area contributed by atoms with Crippen LogP contribution in [0.1, 0.15) is 17.6 Å². The van der Waals surface area contributed by atoms with Crippen LogP contribution < -0.4 is 5.73 Å². The Bertz CT molecular complexity index is 482. The predicted octanol–water partition coefficient (Wildman–Crippen LogP) is 1.11. The standard InChI is InChI=1S/C10H12ClN5/c1-16-9(14-6-15-16)5-8(12)10-7(11)3-2-4-13-10/h2-4,6,8H,5,12H2,1H3. The molecule has 0 bridgehead atoms. The number of nitrogens with two attached hydrogens (primary N) is 1. The Labute approximate surface area is 98.3 Å². The molecule has 1 atom stereocenters. The number of hydrogen-bond acceptors (Lipinski definition) is 4. The Balaban J connectivity index is 2.18. The molecule has 16 heavy (non-hydrogen) atoms. The van der Waals surface area contributed by atoms with Gasteiger partial charge in [-0.3, -0.25) is 9.67 Å². The number of aryl methyl sites for hydroxylation is 1. The normalized spacial score (nSPS) is 12.7. The first-order valence-corrected chi connectivity index (χ1v) is 5.25. The molecule has 2 N–H and O–H groups in total. The van der Waals surface area contributed by atoms with Crippen LogP contribution in [0.25, 0.3) is 0 Å². The summed E-state index contributed by atoms with van der Waals surface area (Å²) in [4.78, 5) is 8.29. The summed E-state index contributed by atoms with van der Waals surface area (Å²) in [5.41, 5.74) is 6.72. The second kappa shape index (κ2) is 4.59. The number of pyridine rings is 1. The Morgan fingerprint density at radius 3 is 2.94 bits per heavy atom. The van der Waals surface area contributed by atoms with Gasteiger partial charge in [-0.15, -0.1) is 0 Å². The van der Waals surface area contributed by atoms with E-state index in [0.717, 1.165) is 5.82 Å². The molecule has 0 spiro atoms. The van der Waals surface area contributed by atoms with Crippen molar-refractivity contribution < 1.29 is 0 Å². The summed E-state index contributed by atoms with van der Waals surface area (Å²) < 4.78 is 1.69. The number of hydrogen-bond donors (Lipinski definition) is 1. The quantitative estimate of drug-likeness (QED) is 0.868. The molecule has 0 radical (unpaired) electrons. The summed E-state index contributed by atoms with van der Waals surface area (Å²) in [5.74, 6) is 0.814. The zero-order chi connectivity index (χ0) is 11.5. The van der Waals surface area contributed by atoms with Gasteiger partial charge in [0.05, 0.1) is 16.8 Å². The van der Waals surface area contributed by atoms with E-state index >= 15 is 0 Å². The van der Waals surface area contributed by atoms with Crippen molar-refractivity contribution in [1.82, 2.24) is 19.7 Å². The second-order valence-electron chi connectivity index (χ2n) is 3.48. The first kappa shape index (κ1) is 11.0. The SMILES string of the molecule is Cn1ncnc1CC(N)c1ncccc1Cl. The molecule has 0 aliphatic carbocycles. The van der Waals surface area contributed by atoms with E-state index in [2.05, 4.69) is 15.1 Å². The van der Waals surface area contributed by atoms with Gasteiger partial charge in [0.1, 0.15) is 12.2 Å². The fraction of sp³-hybridized carbons (Fsp3) is 0.300. The molecule has 2 aromatic rings. The minimum absolute atomic E-state index is 0.267. The molecule has 0 aliphatic rings. The summed E-state index contributed by atoms with van der Waals surface area (Å²) in [6, 6.07) is 3.29. The average Bonchev–Trinajstić information content (AvgIpc) is 2.65. The number of nitrogens with zero attached hydrogens (tertiary/aromatic N) is 4. The molecule has 2 heterocycles. The van der Waals surface area contributed by atoms with Gasteiger partial charge in [-0.1, -0.05) is 11.6 Å². The third-order valence-electron chi connectivity index (χ3n) is 2.35. The minimum Gasteiger partial charge on any atom is -0.322 e. The highest BCUT2D eigenvalue weighted by Crippen LogP contribution is 2.20. The highest BCUT2D eigenvalue weighted by Gasteiger charge is 2.14. The van der Waals surface area contributed by atoms with Gasteiger partial charge in [0, 0.05) is 19.7 Å². The lowest BCUT2D eigenvalue weighted by Gasteiger charge is -2.11. The lowest BCUT2D eigenvalue weighted by atomic mass is 10.1. The molecule has 0 fully saturated rings. The van der Waals surface area contributed by atoms with Crippen LogP contribution in [-0.4, -0.2) is 19.7 Å². The van der Waals surface area contributed by atoms with E-state index in [0.29, 0.717) is 17.1 Å². The zero-order valence-corrected chi connectivity index (χ0v) is 9.59. The highest BCUT2D eigenvalue weighted by atomic mass is 35.5. The van der Waals surface area contributed by atoms with Gasteiger partial charge in [0.2, 0.25) is 0 Å². The molecule has 5 nitrogen and oxygen atoms in total. The number of halogens is 1. The van der Waals surface area contributed by atoms with Crippen molar-refractivity contribution in [2.24, 2.45) is 12.8 Å². The Hall–Kier alpha value is -1.46. The Morgan fingerprint density at radius 1 is 1.50 bits per heavy atom. The van der Waals surface area contributed by atoms with E-state index in [1.165, 1.54) is 6.33 Å². The van der Waals surface area contributed by atoms with Crippen molar-refractivity contribution >= 4 is 11.6 Å². The van der Waals surface area contributed by atoms with Gasteiger partial charge in [0.25, 0.3) is 0 Å². The third-order valence-corrected chi connectivity index (χ3v) is 2.67. The fourth-order valence-corrected chi connectivity index (χ4v) is 1.73. The van der Waals surface area contributed by atoms with Crippen molar-refractivity contribution in [1.29, 1.82) is 0 Å². The summed E-state index contributed by atoms with van der Waals surface area (Å²) in [6.07, 6.45) is 3.74. The van der Waals surface area contributed by atoms with Crippen molar-refractivity contribution in [2.75, 3.05) is 0 Å². The van der Waals surface area contributed by atoms with E-state index < -0.39 is 0 Å². The van der Waals surface area contributed by atoms with E-state index in [1.54, 1.807) is 23.0 Å². The molecule has 2 rings (SSSR count). The van der Waals surface area contributed by atoms with Gasteiger partial charge in [0.15, 0.2) is 0 Å². The Morgan fingerprint density at radius 2 is 2.31 bits per heavy atom. The molecule has 6 heteroatoms. The first-order valence-electron chi connectivity index (χ1n) is 4.87. The first-order chi connectivity index (χ1) is 7.68. The molecule has 0 saturated heterocycles. The van der Waals surface area contributed by atoms with Gasteiger partial charge in [-0.25, -0.2) is 4.98 Å². The van der Waals surface area contributed by atoms with E-state index in [4.69, 9.17) is 17.3 Å². The maximum absolute atomic E-state index is 6.03. The van der Waals surface area contributed by atoms with Crippen molar-refractivity contribution in [2.45, 2.75) is 12.5 Å². The minimum atomic E-state index is -0.267. The second-order valence-corrected chi connectivity index (χ2v) is 3.89. The van der Waals surface area contributed by atoms with E-state index in [1.807, 2.05) is 7.05 Å². The topological polar surface area (TPSA) is 69.6 Å². The van der Waals surface area contributed by atoms with Crippen LogP contribution in [0.5, 0.6) is 0 Å². The predicted molar refractivity (Wildman–Crippen MR) is 60.9 cm³/mol.